The van der Waals surface area contributed by atoms with Crippen molar-refractivity contribution in [2.75, 3.05) is 0 Å². The van der Waals surface area contributed by atoms with Gasteiger partial charge in [-0.1, -0.05) is 58.6 Å². The van der Waals surface area contributed by atoms with Crippen molar-refractivity contribution in [2.45, 2.75) is 59.7 Å². The number of aryl methyl sites for hydroxylation is 2. The molecule has 0 aliphatic carbocycles. The van der Waals surface area contributed by atoms with Gasteiger partial charge in [0.15, 0.2) is 0 Å². The molecular formula is C23H28Cl2N2O2. The number of amides is 2. The van der Waals surface area contributed by atoms with E-state index in [0.717, 1.165) is 22.3 Å². The van der Waals surface area contributed by atoms with Crippen LogP contribution in [0.15, 0.2) is 36.4 Å². The van der Waals surface area contributed by atoms with Gasteiger partial charge in [-0.05, 0) is 57.9 Å². The Kier molecular flexibility index (Phi) is 8.12. The van der Waals surface area contributed by atoms with Gasteiger partial charge >= 0.3 is 0 Å². The highest BCUT2D eigenvalue weighted by Crippen LogP contribution is 2.24. The lowest BCUT2D eigenvalue weighted by Gasteiger charge is -2.30. The molecule has 0 heterocycles. The molecule has 1 atom stereocenters. The van der Waals surface area contributed by atoms with Crippen molar-refractivity contribution in [2.24, 2.45) is 0 Å². The van der Waals surface area contributed by atoms with Crippen molar-refractivity contribution >= 4 is 35.0 Å². The lowest BCUT2D eigenvalue weighted by molar-refractivity contribution is -0.140. The monoisotopic (exact) mass is 434 g/mol. The van der Waals surface area contributed by atoms with E-state index >= 15 is 0 Å². The minimum atomic E-state index is -0.637. The summed E-state index contributed by atoms with van der Waals surface area (Å²) >= 11 is 12.3. The second-order valence-corrected chi connectivity index (χ2v) is 8.61. The van der Waals surface area contributed by atoms with Crippen LogP contribution >= 0.6 is 23.2 Å². The number of hydrogen-bond donors (Lipinski definition) is 1. The van der Waals surface area contributed by atoms with Crippen LogP contribution in [0.4, 0.5) is 0 Å². The Hall–Kier alpha value is -2.04. The third-order valence-electron chi connectivity index (χ3n) is 4.59. The molecule has 156 valence electrons. The molecule has 0 saturated carbocycles. The molecule has 4 nitrogen and oxygen atoms in total. The number of nitrogens with one attached hydrogen (secondary N) is 1. The maximum atomic E-state index is 13.2. The van der Waals surface area contributed by atoms with Gasteiger partial charge in [0.2, 0.25) is 11.8 Å². The van der Waals surface area contributed by atoms with Crippen LogP contribution < -0.4 is 5.32 Å². The summed E-state index contributed by atoms with van der Waals surface area (Å²) in [5, 5.41) is 3.88. The fourth-order valence-electron chi connectivity index (χ4n) is 3.27. The predicted molar refractivity (Wildman–Crippen MR) is 119 cm³/mol. The first kappa shape index (κ1) is 23.2. The topological polar surface area (TPSA) is 49.4 Å². The highest BCUT2D eigenvalue weighted by atomic mass is 35.5. The SMILES string of the molecule is Cc1cc(C)cc(CC(=O)N(Cc2ccc(Cl)cc2Cl)[C@@H](C)C(=O)NC(C)C)c1. The van der Waals surface area contributed by atoms with Gasteiger partial charge in [0.05, 0.1) is 6.42 Å². The lowest BCUT2D eigenvalue weighted by atomic mass is 10.0. The molecule has 2 aromatic rings. The van der Waals surface area contributed by atoms with E-state index in [9.17, 15) is 9.59 Å². The Morgan fingerprint density at radius 2 is 1.62 bits per heavy atom. The maximum absolute atomic E-state index is 13.2. The molecule has 0 fully saturated rings. The number of hydrogen-bond acceptors (Lipinski definition) is 2. The number of halogens is 2. The van der Waals surface area contributed by atoms with Gasteiger partial charge in [0.1, 0.15) is 6.04 Å². The normalized spacial score (nSPS) is 12.0. The summed E-state index contributed by atoms with van der Waals surface area (Å²) in [6.45, 7) is 9.76. The summed E-state index contributed by atoms with van der Waals surface area (Å²) in [7, 11) is 0. The molecule has 0 aliphatic rings. The summed E-state index contributed by atoms with van der Waals surface area (Å²) in [5.74, 6) is -0.328. The van der Waals surface area contributed by atoms with Crippen LogP contribution in [0.2, 0.25) is 10.0 Å². The molecular weight excluding hydrogens is 407 g/mol. The van der Waals surface area contributed by atoms with Gasteiger partial charge in [-0.25, -0.2) is 0 Å². The summed E-state index contributed by atoms with van der Waals surface area (Å²) < 4.78 is 0. The molecule has 29 heavy (non-hydrogen) atoms. The van der Waals surface area contributed by atoms with Gasteiger partial charge in [0, 0.05) is 22.6 Å². The van der Waals surface area contributed by atoms with Gasteiger partial charge < -0.3 is 10.2 Å². The quantitative estimate of drug-likeness (QED) is 0.658. The van der Waals surface area contributed by atoms with E-state index in [1.165, 1.54) is 0 Å². The summed E-state index contributed by atoms with van der Waals surface area (Å²) in [6, 6.07) is 10.6. The Morgan fingerprint density at radius 1 is 1.00 bits per heavy atom. The fraction of sp³-hybridized carbons (Fsp3) is 0.391. The van der Waals surface area contributed by atoms with Gasteiger partial charge in [-0.15, -0.1) is 0 Å². The largest absolute Gasteiger partial charge is 0.352 e. The fourth-order valence-corrected chi connectivity index (χ4v) is 3.74. The summed E-state index contributed by atoms with van der Waals surface area (Å²) in [4.78, 5) is 27.4. The molecule has 2 rings (SSSR count). The van der Waals surface area contributed by atoms with E-state index in [2.05, 4.69) is 11.4 Å². The smallest absolute Gasteiger partial charge is 0.242 e. The van der Waals surface area contributed by atoms with Crippen molar-refractivity contribution in [1.29, 1.82) is 0 Å². The Labute approximate surface area is 183 Å². The van der Waals surface area contributed by atoms with Gasteiger partial charge in [-0.2, -0.15) is 0 Å². The Bertz CT molecular complexity index is 876. The third-order valence-corrected chi connectivity index (χ3v) is 5.18. The van der Waals surface area contributed by atoms with Crippen molar-refractivity contribution in [1.82, 2.24) is 10.2 Å². The van der Waals surface area contributed by atoms with E-state index in [0.29, 0.717) is 10.0 Å². The molecule has 1 N–H and O–H groups in total. The van der Waals surface area contributed by atoms with Crippen LogP contribution in [0.3, 0.4) is 0 Å². The molecule has 0 aliphatic heterocycles. The number of carbonyl (C=O) groups is 2. The van der Waals surface area contributed by atoms with Gasteiger partial charge in [0.25, 0.3) is 0 Å². The lowest BCUT2D eigenvalue weighted by Crippen LogP contribution is -2.49. The zero-order valence-corrected chi connectivity index (χ0v) is 19.1. The maximum Gasteiger partial charge on any atom is 0.242 e. The summed E-state index contributed by atoms with van der Waals surface area (Å²) in [5.41, 5.74) is 3.88. The molecule has 0 saturated heterocycles. The minimum absolute atomic E-state index is 0.0135. The second kappa shape index (κ2) is 10.1. The average molecular weight is 435 g/mol. The van der Waals surface area contributed by atoms with Crippen LogP contribution in [-0.2, 0) is 22.6 Å². The second-order valence-electron chi connectivity index (χ2n) is 7.77. The number of nitrogens with zero attached hydrogens (tertiary/aromatic N) is 1. The Morgan fingerprint density at radius 3 is 2.17 bits per heavy atom. The van der Waals surface area contributed by atoms with E-state index in [1.807, 2.05) is 39.8 Å². The molecule has 2 amide bonds. The molecule has 0 aromatic heterocycles. The van der Waals surface area contributed by atoms with Crippen molar-refractivity contribution in [3.63, 3.8) is 0 Å². The minimum Gasteiger partial charge on any atom is -0.352 e. The van der Waals surface area contributed by atoms with Crippen LogP contribution in [-0.4, -0.2) is 28.8 Å². The van der Waals surface area contributed by atoms with Crippen LogP contribution in [0, 0.1) is 13.8 Å². The molecule has 6 heteroatoms. The molecule has 0 unspecified atom stereocenters. The number of carbonyl (C=O) groups excluding carboxylic acids is 2. The average Bonchev–Trinajstić information content (AvgIpc) is 2.58. The first-order chi connectivity index (χ1) is 13.6. The van der Waals surface area contributed by atoms with Crippen LogP contribution in [0.25, 0.3) is 0 Å². The zero-order valence-electron chi connectivity index (χ0n) is 17.6. The molecule has 0 bridgehead atoms. The van der Waals surface area contributed by atoms with Crippen molar-refractivity contribution < 1.29 is 9.59 Å². The number of benzene rings is 2. The predicted octanol–water partition coefficient (Wildman–Crippen LogP) is 5.09. The first-order valence-electron chi connectivity index (χ1n) is 9.67. The third kappa shape index (κ3) is 6.76. The van der Waals surface area contributed by atoms with Gasteiger partial charge in [-0.3, -0.25) is 9.59 Å². The molecule has 0 radical (unpaired) electrons. The molecule has 0 spiro atoms. The first-order valence-corrected chi connectivity index (χ1v) is 10.4. The van der Waals surface area contributed by atoms with Crippen molar-refractivity contribution in [3.8, 4) is 0 Å². The zero-order chi connectivity index (χ0) is 21.7. The van der Waals surface area contributed by atoms with E-state index in [1.54, 1.807) is 30.0 Å². The van der Waals surface area contributed by atoms with E-state index in [-0.39, 0.29) is 30.8 Å². The van der Waals surface area contributed by atoms with E-state index < -0.39 is 6.04 Å². The van der Waals surface area contributed by atoms with E-state index in [4.69, 9.17) is 23.2 Å². The number of rotatable bonds is 7. The molecule has 2 aromatic carbocycles. The Balaban J connectivity index is 2.31. The van der Waals surface area contributed by atoms with Crippen LogP contribution in [0.1, 0.15) is 43.0 Å². The summed E-state index contributed by atoms with van der Waals surface area (Å²) in [6.07, 6.45) is 0.215. The highest BCUT2D eigenvalue weighted by molar-refractivity contribution is 6.35. The van der Waals surface area contributed by atoms with Crippen LogP contribution in [0.5, 0.6) is 0 Å². The van der Waals surface area contributed by atoms with Crippen molar-refractivity contribution in [3.05, 3.63) is 68.7 Å². The highest BCUT2D eigenvalue weighted by Gasteiger charge is 2.27. The standard InChI is InChI=1S/C23H28Cl2N2O2/c1-14(2)26-23(29)17(5)27(13-19-6-7-20(24)12-21(19)25)22(28)11-18-9-15(3)8-16(4)10-18/h6-10,12,14,17H,11,13H2,1-5H3,(H,26,29)/t17-/m0/s1.